The monoisotopic (exact) mass is 579 g/mol. The second-order valence-electron chi connectivity index (χ2n) is 9.09. The molecule has 3 heterocycles. The van der Waals surface area contributed by atoms with E-state index in [2.05, 4.69) is 30.9 Å². The van der Waals surface area contributed by atoms with Crippen molar-refractivity contribution in [3.8, 4) is 0 Å². The van der Waals surface area contributed by atoms with Crippen LogP contribution in [0.1, 0.15) is 34.3 Å². The fourth-order valence-electron chi connectivity index (χ4n) is 3.95. The van der Waals surface area contributed by atoms with Gasteiger partial charge in [0.1, 0.15) is 17.2 Å². The van der Waals surface area contributed by atoms with Crippen LogP contribution in [0.2, 0.25) is 0 Å². The van der Waals surface area contributed by atoms with Gasteiger partial charge >= 0.3 is 6.18 Å². The third-order valence-electron chi connectivity index (χ3n) is 6.14. The second kappa shape index (κ2) is 12.0. The third-order valence-corrected chi connectivity index (χ3v) is 7.31. The number of halogens is 3. The average molecular weight is 580 g/mol. The van der Waals surface area contributed by atoms with Gasteiger partial charge in [-0.2, -0.15) is 18.2 Å². The summed E-state index contributed by atoms with van der Waals surface area (Å²) >= 11 is 0. The summed E-state index contributed by atoms with van der Waals surface area (Å²) in [6.07, 6.45) is -0.316. The normalized spacial score (nSPS) is 14.4. The Labute approximate surface area is 229 Å². The Morgan fingerprint density at radius 3 is 2.60 bits per heavy atom. The molecular weight excluding hydrogens is 551 g/mol. The van der Waals surface area contributed by atoms with Gasteiger partial charge in [0.15, 0.2) is 0 Å². The first-order chi connectivity index (χ1) is 18.9. The molecule has 0 bridgehead atoms. The van der Waals surface area contributed by atoms with Gasteiger partial charge in [-0.05, 0) is 37.1 Å². The lowest BCUT2D eigenvalue weighted by molar-refractivity contribution is -0.137. The van der Waals surface area contributed by atoms with Gasteiger partial charge in [-0.15, -0.1) is 0 Å². The van der Waals surface area contributed by atoms with E-state index < -0.39 is 27.6 Å². The van der Waals surface area contributed by atoms with E-state index in [0.717, 1.165) is 10.6 Å². The first-order valence-electron chi connectivity index (χ1n) is 12.2. The number of ether oxygens (including phenoxy) is 1. The van der Waals surface area contributed by atoms with Crippen LogP contribution in [-0.4, -0.2) is 61.8 Å². The first-order valence-corrected chi connectivity index (χ1v) is 14.1. The van der Waals surface area contributed by atoms with Gasteiger partial charge in [-0.25, -0.2) is 18.4 Å². The third kappa shape index (κ3) is 7.35. The lowest BCUT2D eigenvalue weighted by atomic mass is 10.1. The highest BCUT2D eigenvalue weighted by Gasteiger charge is 2.35. The number of nitrogens with one attached hydrogen (secondary N) is 3. The van der Waals surface area contributed by atoms with Crippen molar-refractivity contribution >= 4 is 39.2 Å². The Balaban J connectivity index is 1.54. The number of hydrogen-bond acceptors (Lipinski definition) is 9. The van der Waals surface area contributed by atoms with Crippen molar-refractivity contribution < 1.29 is 31.1 Å². The lowest BCUT2D eigenvalue weighted by Gasteiger charge is -2.23. The molecule has 0 unspecified atom stereocenters. The van der Waals surface area contributed by atoms with Crippen LogP contribution in [0.4, 0.5) is 36.4 Å². The molecule has 40 heavy (non-hydrogen) atoms. The summed E-state index contributed by atoms with van der Waals surface area (Å²) in [4.78, 5) is 24.6. The Morgan fingerprint density at radius 1 is 1.15 bits per heavy atom. The number of rotatable bonds is 9. The number of carbonyl (C=O) groups is 1. The van der Waals surface area contributed by atoms with Crippen LogP contribution in [0.3, 0.4) is 0 Å². The van der Waals surface area contributed by atoms with Crippen molar-refractivity contribution in [2.75, 3.05) is 41.5 Å². The van der Waals surface area contributed by atoms with E-state index in [4.69, 9.17) is 4.74 Å². The average Bonchev–Trinajstić information content (AvgIpc) is 2.91. The number of hydrogen-bond donors (Lipinski definition) is 3. The Bertz CT molecular complexity index is 1460. The number of sulfonamides is 1. The Kier molecular flexibility index (Phi) is 8.73. The summed E-state index contributed by atoms with van der Waals surface area (Å²) in [5.74, 6) is -0.876. The van der Waals surface area contributed by atoms with Gasteiger partial charge in [-0.1, -0.05) is 12.1 Å². The Morgan fingerprint density at radius 2 is 1.90 bits per heavy atom. The number of amides is 1. The molecule has 0 saturated carbocycles. The van der Waals surface area contributed by atoms with Crippen LogP contribution in [0.5, 0.6) is 0 Å². The molecule has 3 aromatic rings. The number of carbonyl (C=O) groups excluding carboxylic acids is 1. The highest BCUT2D eigenvalue weighted by atomic mass is 32.2. The second-order valence-corrected chi connectivity index (χ2v) is 11.1. The van der Waals surface area contributed by atoms with Crippen molar-refractivity contribution in [3.63, 3.8) is 0 Å². The summed E-state index contributed by atoms with van der Waals surface area (Å²) in [6, 6.07) is 9.52. The van der Waals surface area contributed by atoms with Gasteiger partial charge in [0.2, 0.25) is 16.0 Å². The van der Waals surface area contributed by atoms with Crippen LogP contribution in [-0.2, 0) is 27.5 Å². The van der Waals surface area contributed by atoms with E-state index in [9.17, 15) is 26.4 Å². The van der Waals surface area contributed by atoms with Crippen LogP contribution >= 0.6 is 0 Å². The zero-order valence-corrected chi connectivity index (χ0v) is 22.5. The first kappa shape index (κ1) is 29.0. The number of anilines is 4. The van der Waals surface area contributed by atoms with Crippen LogP contribution in [0.15, 0.2) is 48.8 Å². The smallest absolute Gasteiger partial charge is 0.381 e. The van der Waals surface area contributed by atoms with Crippen molar-refractivity contribution in [2.45, 2.75) is 31.6 Å². The molecule has 1 aromatic carbocycles. The molecule has 3 N–H and O–H groups in total. The molecule has 1 saturated heterocycles. The molecule has 214 valence electrons. The number of aromatic nitrogens is 3. The topological polar surface area (TPSA) is 138 Å². The molecule has 2 aromatic heterocycles. The molecule has 0 atom stereocenters. The largest absolute Gasteiger partial charge is 0.421 e. The van der Waals surface area contributed by atoms with Gasteiger partial charge in [-0.3, -0.25) is 9.10 Å². The van der Waals surface area contributed by atoms with E-state index >= 15 is 0 Å². The minimum absolute atomic E-state index is 0.00213. The molecule has 0 radical (unpaired) electrons. The van der Waals surface area contributed by atoms with E-state index in [1.165, 1.54) is 13.2 Å². The van der Waals surface area contributed by atoms with Gasteiger partial charge in [0.25, 0.3) is 5.91 Å². The van der Waals surface area contributed by atoms with Crippen LogP contribution in [0.25, 0.3) is 0 Å². The fraction of sp³-hybridized carbons (Fsp3) is 0.360. The maximum absolute atomic E-state index is 13.7. The molecule has 0 aliphatic carbocycles. The molecule has 4 rings (SSSR count). The molecule has 15 heteroatoms. The Hall–Kier alpha value is -3.98. The standard InChI is InChI=1S/C25H28F3N7O4S/c1-35(40(2,37)38)22-17(6-4-10-29-22)14-30-21-20(25(26,27)28)15-31-24(34-21)33-19-7-3-5-16(13-19)23(36)32-18-8-11-39-12-9-18/h3-7,10,13,15,18H,8-9,11-12,14H2,1-2H3,(H,32,36)(H2,30,31,33,34). The SMILES string of the molecule is CN(c1ncccc1CNc1nc(Nc2cccc(C(=O)NC3CCOCC3)c2)ncc1C(F)(F)F)S(C)(=O)=O. The quantitative estimate of drug-likeness (QED) is 0.347. The van der Waals surface area contributed by atoms with E-state index in [1.54, 1.807) is 36.4 Å². The zero-order chi connectivity index (χ0) is 28.9. The van der Waals surface area contributed by atoms with Crippen molar-refractivity contribution in [3.05, 3.63) is 65.5 Å². The summed E-state index contributed by atoms with van der Waals surface area (Å²) < 4.78 is 71.4. The zero-order valence-electron chi connectivity index (χ0n) is 21.7. The highest BCUT2D eigenvalue weighted by molar-refractivity contribution is 7.92. The van der Waals surface area contributed by atoms with Crippen molar-refractivity contribution in [1.29, 1.82) is 0 Å². The van der Waals surface area contributed by atoms with Crippen molar-refractivity contribution in [2.24, 2.45) is 0 Å². The maximum atomic E-state index is 13.7. The van der Waals surface area contributed by atoms with Crippen LogP contribution < -0.4 is 20.3 Å². The number of benzene rings is 1. The molecule has 11 nitrogen and oxygen atoms in total. The van der Waals surface area contributed by atoms with Gasteiger partial charge < -0.3 is 20.7 Å². The molecule has 1 aliphatic rings. The molecule has 1 amide bonds. The minimum Gasteiger partial charge on any atom is -0.381 e. The van der Waals surface area contributed by atoms with E-state index in [0.29, 0.717) is 49.1 Å². The highest BCUT2D eigenvalue weighted by Crippen LogP contribution is 2.34. The van der Waals surface area contributed by atoms with E-state index in [-0.39, 0.29) is 30.3 Å². The van der Waals surface area contributed by atoms with Gasteiger partial charge in [0, 0.05) is 62.1 Å². The molecule has 0 spiro atoms. The van der Waals surface area contributed by atoms with Crippen LogP contribution in [0, 0.1) is 0 Å². The summed E-state index contributed by atoms with van der Waals surface area (Å²) in [5, 5.41) is 8.43. The molecular formula is C25H28F3N7O4S. The molecule has 1 fully saturated rings. The maximum Gasteiger partial charge on any atom is 0.421 e. The lowest BCUT2D eigenvalue weighted by Crippen LogP contribution is -2.38. The predicted octanol–water partition coefficient (Wildman–Crippen LogP) is 3.55. The van der Waals surface area contributed by atoms with Crippen molar-refractivity contribution in [1.82, 2.24) is 20.3 Å². The summed E-state index contributed by atoms with van der Waals surface area (Å²) in [5.41, 5.74) is -0.0139. The summed E-state index contributed by atoms with van der Waals surface area (Å²) in [7, 11) is -2.36. The van der Waals surface area contributed by atoms with Gasteiger partial charge in [0.05, 0.1) is 6.26 Å². The number of alkyl halides is 3. The van der Waals surface area contributed by atoms with E-state index in [1.807, 2.05) is 0 Å². The minimum atomic E-state index is -4.76. The molecule has 1 aliphatic heterocycles. The predicted molar refractivity (Wildman–Crippen MR) is 143 cm³/mol. The number of nitrogens with zero attached hydrogens (tertiary/aromatic N) is 4. The summed E-state index contributed by atoms with van der Waals surface area (Å²) in [6.45, 7) is 0.944. The number of pyridine rings is 1. The fourth-order valence-corrected chi connectivity index (χ4v) is 4.43.